The molecule has 2 aromatic carbocycles. The molecular formula is C28H29F2N7O6. The van der Waals surface area contributed by atoms with Crippen molar-refractivity contribution in [1.82, 2.24) is 20.6 Å². The highest BCUT2D eigenvalue weighted by Crippen LogP contribution is 2.33. The number of nitrogens with one attached hydrogen (secondary N) is 3. The molecule has 3 atom stereocenters. The lowest BCUT2D eigenvalue weighted by atomic mass is 10.0. The summed E-state index contributed by atoms with van der Waals surface area (Å²) in [4.78, 5) is 57.4. The molecule has 4 amide bonds. The Labute approximate surface area is 244 Å². The Bertz CT molecular complexity index is 1540. The monoisotopic (exact) mass is 597 g/mol. The molecule has 1 aromatic heterocycles. The van der Waals surface area contributed by atoms with Crippen molar-refractivity contribution < 1.29 is 37.4 Å². The van der Waals surface area contributed by atoms with E-state index in [-0.39, 0.29) is 61.0 Å². The number of benzene rings is 2. The van der Waals surface area contributed by atoms with Crippen molar-refractivity contribution in [3.8, 4) is 11.1 Å². The van der Waals surface area contributed by atoms with E-state index in [4.69, 9.17) is 15.2 Å². The van der Waals surface area contributed by atoms with E-state index in [2.05, 4.69) is 20.6 Å². The molecular weight excluding hydrogens is 568 g/mol. The van der Waals surface area contributed by atoms with Gasteiger partial charge in [-0.15, -0.1) is 0 Å². The predicted octanol–water partition coefficient (Wildman–Crippen LogP) is 1.83. The van der Waals surface area contributed by atoms with Crippen LogP contribution in [-0.4, -0.2) is 78.4 Å². The summed E-state index contributed by atoms with van der Waals surface area (Å²) >= 11 is 0. The molecule has 15 heteroatoms. The van der Waals surface area contributed by atoms with Gasteiger partial charge >= 0.3 is 12.2 Å². The number of anilines is 2. The van der Waals surface area contributed by atoms with Crippen LogP contribution in [0.5, 0.6) is 0 Å². The Hall–Kier alpha value is -5.05. The Kier molecular flexibility index (Phi) is 8.52. The first kappa shape index (κ1) is 29.4. The van der Waals surface area contributed by atoms with E-state index < -0.39 is 48.0 Å². The number of halogens is 2. The highest BCUT2D eigenvalue weighted by Gasteiger charge is 2.34. The standard InChI is InChI=1S/C28H29F2N7O6/c1-15(38)33-10-19-12-36(27(40)42-19)17-2-4-21(23(29)7-17)22-5-3-18(8-24(22)30)37-13-20(43-28(37)41)11-34-26(39)25(31)6-16-9-32-14-35-16/h2-5,7-9,14,19-20,25H,6,10-13,31H2,1H3,(H,32,35)(H,33,38)(H,34,39)/t19-,20+,25+/m1/s1. The molecule has 0 saturated carbocycles. The van der Waals surface area contributed by atoms with Crippen molar-refractivity contribution in [2.45, 2.75) is 31.6 Å². The zero-order valence-electron chi connectivity index (χ0n) is 23.0. The number of nitrogens with zero attached hydrogens (tertiary/aromatic N) is 3. The molecule has 2 aliphatic heterocycles. The molecule has 0 spiro atoms. The highest BCUT2D eigenvalue weighted by atomic mass is 19.1. The molecule has 0 bridgehead atoms. The second-order valence-corrected chi connectivity index (χ2v) is 10.1. The first-order chi connectivity index (χ1) is 20.6. The summed E-state index contributed by atoms with van der Waals surface area (Å²) in [6.07, 6.45) is 0.597. The average Bonchev–Trinajstić information content (AvgIpc) is 3.71. The van der Waals surface area contributed by atoms with Crippen molar-refractivity contribution in [3.63, 3.8) is 0 Å². The highest BCUT2D eigenvalue weighted by molar-refractivity contribution is 5.91. The van der Waals surface area contributed by atoms with Gasteiger partial charge in [0.15, 0.2) is 0 Å². The lowest BCUT2D eigenvalue weighted by Gasteiger charge is -2.16. The zero-order chi connectivity index (χ0) is 30.7. The van der Waals surface area contributed by atoms with Gasteiger partial charge in [-0.1, -0.05) is 0 Å². The zero-order valence-corrected chi connectivity index (χ0v) is 23.0. The summed E-state index contributed by atoms with van der Waals surface area (Å²) in [5.41, 5.74) is 6.93. The van der Waals surface area contributed by atoms with E-state index in [1.165, 1.54) is 47.3 Å². The van der Waals surface area contributed by atoms with Crippen molar-refractivity contribution in [2.75, 3.05) is 36.0 Å². The third-order valence-corrected chi connectivity index (χ3v) is 6.98. The Morgan fingerprint density at radius 3 is 1.98 bits per heavy atom. The van der Waals surface area contributed by atoms with Gasteiger partial charge in [-0.25, -0.2) is 23.4 Å². The normalized spacial score (nSPS) is 18.8. The van der Waals surface area contributed by atoms with E-state index in [0.29, 0.717) is 5.69 Å². The third kappa shape index (κ3) is 6.72. The van der Waals surface area contributed by atoms with Gasteiger partial charge in [-0.05, 0) is 36.4 Å². The smallest absolute Gasteiger partial charge is 0.414 e. The Morgan fingerprint density at radius 2 is 1.51 bits per heavy atom. The van der Waals surface area contributed by atoms with E-state index in [9.17, 15) is 19.2 Å². The number of hydrogen-bond acceptors (Lipinski definition) is 8. The minimum absolute atomic E-state index is 0.00836. The van der Waals surface area contributed by atoms with Gasteiger partial charge in [-0.3, -0.25) is 19.4 Å². The molecule has 3 aromatic rings. The van der Waals surface area contributed by atoms with Gasteiger partial charge < -0.3 is 30.8 Å². The van der Waals surface area contributed by atoms with Crippen LogP contribution in [-0.2, 0) is 25.5 Å². The molecule has 2 saturated heterocycles. The fourth-order valence-corrected chi connectivity index (χ4v) is 4.79. The topological polar surface area (TPSA) is 172 Å². The van der Waals surface area contributed by atoms with Gasteiger partial charge in [0.05, 0.1) is 49.9 Å². The Morgan fingerprint density at radius 1 is 0.977 bits per heavy atom. The fraction of sp³-hybridized carbons (Fsp3) is 0.321. The number of hydrogen-bond donors (Lipinski definition) is 4. The number of ether oxygens (including phenoxy) is 2. The van der Waals surface area contributed by atoms with Crippen molar-refractivity contribution >= 4 is 35.4 Å². The number of carbonyl (C=O) groups excluding carboxylic acids is 4. The number of carbonyl (C=O) groups is 4. The van der Waals surface area contributed by atoms with Crippen LogP contribution in [0.2, 0.25) is 0 Å². The van der Waals surface area contributed by atoms with Crippen LogP contribution in [0, 0.1) is 11.6 Å². The predicted molar refractivity (Wildman–Crippen MR) is 149 cm³/mol. The van der Waals surface area contributed by atoms with Crippen molar-refractivity contribution in [3.05, 3.63) is 66.3 Å². The van der Waals surface area contributed by atoms with Crippen LogP contribution in [0.15, 0.2) is 48.9 Å². The number of nitrogens with two attached hydrogens (primary N) is 1. The number of rotatable bonds is 10. The van der Waals surface area contributed by atoms with E-state index >= 15 is 8.78 Å². The molecule has 5 rings (SSSR count). The first-order valence-corrected chi connectivity index (χ1v) is 13.4. The van der Waals surface area contributed by atoms with Crippen molar-refractivity contribution in [1.29, 1.82) is 0 Å². The molecule has 0 aliphatic carbocycles. The number of imidazole rings is 1. The SMILES string of the molecule is CC(=O)NC[C@@H]1CN(c2ccc(-c3ccc(N4C[C@H](CNC(=O)[C@@H](N)Cc5cnc[nH]5)OC4=O)cc3F)c(F)c2)C(=O)O1. The van der Waals surface area contributed by atoms with Gasteiger partial charge in [0.25, 0.3) is 0 Å². The Balaban J connectivity index is 1.20. The fourth-order valence-electron chi connectivity index (χ4n) is 4.79. The lowest BCUT2D eigenvalue weighted by Crippen LogP contribution is -2.45. The molecule has 13 nitrogen and oxygen atoms in total. The summed E-state index contributed by atoms with van der Waals surface area (Å²) in [7, 11) is 0. The number of cyclic esters (lactones) is 2. The van der Waals surface area contributed by atoms with Gasteiger partial charge in [-0.2, -0.15) is 0 Å². The number of amides is 4. The van der Waals surface area contributed by atoms with Crippen LogP contribution >= 0.6 is 0 Å². The lowest BCUT2D eigenvalue weighted by molar-refractivity contribution is -0.122. The molecule has 3 heterocycles. The van der Waals surface area contributed by atoms with Crippen LogP contribution in [0.4, 0.5) is 29.7 Å². The largest absolute Gasteiger partial charge is 0.442 e. The van der Waals surface area contributed by atoms with Crippen LogP contribution < -0.4 is 26.2 Å². The maximum atomic E-state index is 15.2. The maximum Gasteiger partial charge on any atom is 0.414 e. The van der Waals surface area contributed by atoms with Gasteiger partial charge in [0, 0.05) is 36.4 Å². The molecule has 2 aliphatic rings. The molecule has 5 N–H and O–H groups in total. The number of aromatic amines is 1. The quantitative estimate of drug-likeness (QED) is 0.274. The minimum Gasteiger partial charge on any atom is -0.442 e. The van der Waals surface area contributed by atoms with E-state index in [0.717, 1.165) is 12.1 Å². The summed E-state index contributed by atoms with van der Waals surface area (Å²) < 4.78 is 40.9. The van der Waals surface area contributed by atoms with Crippen LogP contribution in [0.3, 0.4) is 0 Å². The summed E-state index contributed by atoms with van der Waals surface area (Å²) in [5.74, 6) is -2.26. The second-order valence-electron chi connectivity index (χ2n) is 10.1. The molecule has 43 heavy (non-hydrogen) atoms. The van der Waals surface area contributed by atoms with Crippen LogP contribution in [0.25, 0.3) is 11.1 Å². The van der Waals surface area contributed by atoms with Crippen LogP contribution in [0.1, 0.15) is 12.6 Å². The third-order valence-electron chi connectivity index (χ3n) is 6.98. The van der Waals surface area contributed by atoms with Gasteiger partial charge in [0.1, 0.15) is 23.8 Å². The molecule has 0 unspecified atom stereocenters. The van der Waals surface area contributed by atoms with E-state index in [1.54, 1.807) is 6.20 Å². The summed E-state index contributed by atoms with van der Waals surface area (Å²) in [6.45, 7) is 1.62. The van der Waals surface area contributed by atoms with Crippen molar-refractivity contribution in [2.24, 2.45) is 5.73 Å². The minimum atomic E-state index is -0.833. The molecule has 226 valence electrons. The van der Waals surface area contributed by atoms with E-state index in [1.807, 2.05) is 0 Å². The second kappa shape index (κ2) is 12.4. The average molecular weight is 598 g/mol. The first-order valence-electron chi connectivity index (χ1n) is 13.4. The molecule has 0 radical (unpaired) electrons. The van der Waals surface area contributed by atoms with Gasteiger partial charge in [0.2, 0.25) is 11.8 Å². The number of H-pyrrole nitrogens is 1. The molecule has 2 fully saturated rings. The summed E-state index contributed by atoms with van der Waals surface area (Å²) in [5, 5.41) is 5.22. The summed E-state index contributed by atoms with van der Waals surface area (Å²) in [6, 6.07) is 6.97. The number of aromatic nitrogens is 2. The maximum absolute atomic E-state index is 15.2.